The summed E-state index contributed by atoms with van der Waals surface area (Å²) in [5, 5.41) is 9.74. The lowest BCUT2D eigenvalue weighted by atomic mass is 10.1. The summed E-state index contributed by atoms with van der Waals surface area (Å²) in [4.78, 5) is 15.2. The lowest BCUT2D eigenvalue weighted by Gasteiger charge is -1.98. The van der Waals surface area contributed by atoms with Crippen LogP contribution < -0.4 is 5.73 Å². The van der Waals surface area contributed by atoms with Crippen LogP contribution in [0.15, 0.2) is 24.3 Å². The quantitative estimate of drug-likeness (QED) is 0.864. The van der Waals surface area contributed by atoms with Gasteiger partial charge in [-0.3, -0.25) is 0 Å². The summed E-state index contributed by atoms with van der Waals surface area (Å²) in [5.41, 5.74) is 6.17. The number of nitrogens with zero attached hydrogens (tertiary/aromatic N) is 1. The first-order valence-corrected chi connectivity index (χ1v) is 5.53. The zero-order valence-electron chi connectivity index (χ0n) is 7.98. The topological polar surface area (TPSA) is 76.2 Å². The second-order valence-electron chi connectivity index (χ2n) is 3.05. The van der Waals surface area contributed by atoms with Crippen molar-refractivity contribution < 1.29 is 9.90 Å². The number of halogens is 1. The lowest BCUT2D eigenvalue weighted by molar-refractivity contribution is 0.0692. The van der Waals surface area contributed by atoms with Gasteiger partial charge in [-0.15, -0.1) is 0 Å². The molecule has 0 saturated carbocycles. The Bertz CT molecular complexity index is 554. The monoisotopic (exact) mass is 254 g/mol. The molecular weight excluding hydrogens is 248 g/mol. The molecule has 0 saturated heterocycles. The third kappa shape index (κ3) is 2.00. The van der Waals surface area contributed by atoms with Crippen molar-refractivity contribution in [3.8, 4) is 10.4 Å². The van der Waals surface area contributed by atoms with Crippen LogP contribution in [0.5, 0.6) is 0 Å². The van der Waals surface area contributed by atoms with E-state index in [2.05, 4.69) is 4.98 Å². The number of thiazole rings is 1. The van der Waals surface area contributed by atoms with Crippen LogP contribution in [0.2, 0.25) is 5.02 Å². The number of carboxylic acid groups (broad SMARTS) is 1. The Morgan fingerprint density at radius 3 is 2.88 bits per heavy atom. The average molecular weight is 255 g/mol. The minimum Gasteiger partial charge on any atom is -0.476 e. The molecule has 82 valence electrons. The van der Waals surface area contributed by atoms with Crippen LogP contribution >= 0.6 is 22.9 Å². The summed E-state index contributed by atoms with van der Waals surface area (Å²) in [5.74, 6) is -1.09. The van der Waals surface area contributed by atoms with Crippen LogP contribution in [0, 0.1) is 0 Å². The minimum absolute atomic E-state index is 0.0373. The highest BCUT2D eigenvalue weighted by atomic mass is 35.5. The number of nitrogen functional groups attached to an aromatic ring is 1. The van der Waals surface area contributed by atoms with E-state index in [1.807, 2.05) is 0 Å². The van der Waals surface area contributed by atoms with Gasteiger partial charge in [-0.1, -0.05) is 35.1 Å². The molecule has 0 atom stereocenters. The molecule has 0 aliphatic carbocycles. The summed E-state index contributed by atoms with van der Waals surface area (Å²) in [7, 11) is 0. The highest BCUT2D eigenvalue weighted by molar-refractivity contribution is 7.19. The molecule has 4 nitrogen and oxygen atoms in total. The Labute approximate surface area is 100 Å². The van der Waals surface area contributed by atoms with Gasteiger partial charge in [0.1, 0.15) is 0 Å². The van der Waals surface area contributed by atoms with Crippen molar-refractivity contribution in [2.75, 3.05) is 5.73 Å². The maximum Gasteiger partial charge on any atom is 0.356 e. The summed E-state index contributed by atoms with van der Waals surface area (Å²) in [6, 6.07) is 6.92. The number of carboxylic acids is 1. The Morgan fingerprint density at radius 1 is 1.50 bits per heavy atom. The van der Waals surface area contributed by atoms with Gasteiger partial charge in [0.05, 0.1) is 4.88 Å². The van der Waals surface area contributed by atoms with E-state index in [1.165, 1.54) is 0 Å². The molecule has 0 bridgehead atoms. The first-order chi connectivity index (χ1) is 7.58. The van der Waals surface area contributed by atoms with E-state index in [4.69, 9.17) is 22.4 Å². The third-order valence-corrected chi connectivity index (χ3v) is 3.10. The van der Waals surface area contributed by atoms with Gasteiger partial charge in [0.15, 0.2) is 10.8 Å². The van der Waals surface area contributed by atoms with Crippen molar-refractivity contribution in [2.24, 2.45) is 0 Å². The van der Waals surface area contributed by atoms with E-state index in [-0.39, 0.29) is 10.8 Å². The molecule has 0 amide bonds. The number of carbonyl (C=O) groups is 1. The maximum atomic E-state index is 10.9. The van der Waals surface area contributed by atoms with Gasteiger partial charge in [-0.2, -0.15) is 0 Å². The van der Waals surface area contributed by atoms with E-state index >= 15 is 0 Å². The third-order valence-electron chi connectivity index (χ3n) is 1.93. The second-order valence-corrected chi connectivity index (χ2v) is 4.51. The molecule has 2 aromatic rings. The molecule has 2 rings (SSSR count). The molecule has 6 heteroatoms. The van der Waals surface area contributed by atoms with E-state index in [1.54, 1.807) is 24.3 Å². The van der Waals surface area contributed by atoms with Crippen molar-refractivity contribution in [1.29, 1.82) is 0 Å². The number of rotatable bonds is 2. The standard InChI is InChI=1S/C10H7ClN2O2S/c11-6-3-1-2-5(4-6)8-7(9(14)15)13-10(12)16-8/h1-4H,(H2,12,13)(H,14,15). The number of anilines is 1. The fourth-order valence-electron chi connectivity index (χ4n) is 1.31. The Morgan fingerprint density at radius 2 is 2.25 bits per heavy atom. The molecular formula is C10H7ClN2O2S. The number of benzene rings is 1. The fraction of sp³-hybridized carbons (Fsp3) is 0. The lowest BCUT2D eigenvalue weighted by Crippen LogP contribution is -1.99. The van der Waals surface area contributed by atoms with Crippen molar-refractivity contribution in [2.45, 2.75) is 0 Å². The summed E-state index contributed by atoms with van der Waals surface area (Å²) in [6.45, 7) is 0. The van der Waals surface area contributed by atoms with Crippen molar-refractivity contribution in [3.63, 3.8) is 0 Å². The molecule has 0 aliphatic rings. The van der Waals surface area contributed by atoms with Crippen molar-refractivity contribution in [1.82, 2.24) is 4.98 Å². The minimum atomic E-state index is -1.09. The highest BCUT2D eigenvalue weighted by Gasteiger charge is 2.17. The van der Waals surface area contributed by atoms with E-state index in [0.717, 1.165) is 11.3 Å². The Hall–Kier alpha value is -1.59. The molecule has 0 spiro atoms. The molecule has 1 aromatic carbocycles. The number of hydrogen-bond acceptors (Lipinski definition) is 4. The molecule has 16 heavy (non-hydrogen) atoms. The van der Waals surface area contributed by atoms with Crippen LogP contribution in [0.25, 0.3) is 10.4 Å². The van der Waals surface area contributed by atoms with Gasteiger partial charge in [-0.05, 0) is 17.7 Å². The molecule has 0 unspecified atom stereocenters. The maximum absolute atomic E-state index is 10.9. The van der Waals surface area contributed by atoms with E-state index in [0.29, 0.717) is 15.5 Å². The summed E-state index contributed by atoms with van der Waals surface area (Å²) < 4.78 is 0. The zero-order valence-corrected chi connectivity index (χ0v) is 9.55. The molecule has 0 fully saturated rings. The molecule has 3 N–H and O–H groups in total. The number of aromatic carboxylic acids is 1. The zero-order chi connectivity index (χ0) is 11.7. The number of nitrogens with two attached hydrogens (primary N) is 1. The Balaban J connectivity index is 2.59. The summed E-state index contributed by atoms with van der Waals surface area (Å²) in [6.07, 6.45) is 0. The van der Waals surface area contributed by atoms with Gasteiger partial charge in [0, 0.05) is 5.02 Å². The van der Waals surface area contributed by atoms with Gasteiger partial charge in [0.2, 0.25) is 0 Å². The van der Waals surface area contributed by atoms with Crippen molar-refractivity contribution >= 4 is 34.0 Å². The molecule has 1 heterocycles. The molecule has 1 aromatic heterocycles. The van der Waals surface area contributed by atoms with Crippen LogP contribution in [0.1, 0.15) is 10.5 Å². The second kappa shape index (κ2) is 4.11. The van der Waals surface area contributed by atoms with Crippen LogP contribution in [-0.4, -0.2) is 16.1 Å². The highest BCUT2D eigenvalue weighted by Crippen LogP contribution is 2.32. The van der Waals surface area contributed by atoms with E-state index < -0.39 is 5.97 Å². The average Bonchev–Trinajstić information content (AvgIpc) is 2.60. The van der Waals surface area contributed by atoms with Gasteiger partial charge < -0.3 is 10.8 Å². The van der Waals surface area contributed by atoms with E-state index in [9.17, 15) is 4.79 Å². The normalized spacial score (nSPS) is 10.3. The SMILES string of the molecule is Nc1nc(C(=O)O)c(-c2cccc(Cl)c2)s1. The first-order valence-electron chi connectivity index (χ1n) is 4.33. The fourth-order valence-corrected chi connectivity index (χ4v) is 2.32. The Kier molecular flexibility index (Phi) is 2.80. The van der Waals surface area contributed by atoms with Gasteiger partial charge >= 0.3 is 5.97 Å². The van der Waals surface area contributed by atoms with Gasteiger partial charge in [0.25, 0.3) is 0 Å². The molecule has 0 radical (unpaired) electrons. The van der Waals surface area contributed by atoms with Crippen LogP contribution in [0.4, 0.5) is 5.13 Å². The molecule has 0 aliphatic heterocycles. The number of hydrogen-bond donors (Lipinski definition) is 2. The first kappa shape index (κ1) is 10.9. The smallest absolute Gasteiger partial charge is 0.356 e. The predicted octanol–water partition coefficient (Wildman–Crippen LogP) is 2.74. The number of aromatic nitrogens is 1. The largest absolute Gasteiger partial charge is 0.476 e. The van der Waals surface area contributed by atoms with Crippen LogP contribution in [0.3, 0.4) is 0 Å². The van der Waals surface area contributed by atoms with Gasteiger partial charge in [-0.25, -0.2) is 9.78 Å². The summed E-state index contributed by atoms with van der Waals surface area (Å²) >= 11 is 6.97. The predicted molar refractivity (Wildman–Crippen MR) is 63.9 cm³/mol. The van der Waals surface area contributed by atoms with Crippen LogP contribution in [-0.2, 0) is 0 Å². The van der Waals surface area contributed by atoms with Crippen molar-refractivity contribution in [3.05, 3.63) is 35.0 Å².